The van der Waals surface area contributed by atoms with Gasteiger partial charge in [0, 0.05) is 9.77 Å². The molecule has 0 amide bonds. The average Bonchev–Trinajstić information content (AvgIpc) is 2.49. The number of hydrogen-bond acceptors (Lipinski definition) is 0. The normalized spacial score (nSPS) is 18.7. The van der Waals surface area contributed by atoms with E-state index in [0.717, 1.165) is 0 Å². The Kier molecular flexibility index (Phi) is 4.27. The summed E-state index contributed by atoms with van der Waals surface area (Å²) in [6.45, 7) is 4.41. The van der Waals surface area contributed by atoms with Crippen molar-refractivity contribution in [3.63, 3.8) is 0 Å². The molecule has 0 aromatic heterocycles. The van der Waals surface area contributed by atoms with E-state index in [1.165, 1.54) is 32.0 Å². The van der Waals surface area contributed by atoms with Gasteiger partial charge >= 0.3 is 0 Å². The molecule has 3 rings (SSSR count). The Morgan fingerprint density at radius 1 is 0.762 bits per heavy atom. The van der Waals surface area contributed by atoms with Gasteiger partial charge in [-0.25, -0.2) is 0 Å². The zero-order valence-corrected chi connectivity index (χ0v) is 14.5. The van der Waals surface area contributed by atoms with Gasteiger partial charge in [-0.05, 0) is 50.9 Å². The van der Waals surface area contributed by atoms with Crippen LogP contribution in [0, 0.1) is 0 Å². The Bertz CT molecular complexity index is 710. The van der Waals surface area contributed by atoms with Crippen molar-refractivity contribution in [1.82, 2.24) is 0 Å². The summed E-state index contributed by atoms with van der Waals surface area (Å²) in [6.07, 6.45) is 2.30. The molecular weight excluding hydrogens is 340 g/mol. The monoisotopic (exact) mass is 356 g/mol. The Morgan fingerprint density at radius 2 is 1.29 bits per heavy atom. The molecule has 0 N–H and O–H groups in total. The molecule has 0 saturated carbocycles. The summed E-state index contributed by atoms with van der Waals surface area (Å²) in [5.74, 6) is 0. The second-order valence-electron chi connectivity index (χ2n) is 5.16. The van der Waals surface area contributed by atoms with Crippen molar-refractivity contribution in [3.8, 4) is 0 Å². The lowest BCUT2D eigenvalue weighted by molar-refractivity contribution is 1.47. The summed E-state index contributed by atoms with van der Waals surface area (Å²) in [5, 5.41) is 0. The molecule has 1 atom stereocenters. The predicted octanol–water partition coefficient (Wildman–Crippen LogP) is 6.18. The maximum Gasteiger partial charge on any atom is 0.0231 e. The quantitative estimate of drug-likeness (QED) is 0.563. The van der Waals surface area contributed by atoms with Gasteiger partial charge in [-0.2, -0.15) is 0 Å². The lowest BCUT2D eigenvalue weighted by atomic mass is 10.0. The second-order valence-corrected chi connectivity index (χ2v) is 8.43. The van der Waals surface area contributed by atoms with E-state index in [-0.39, 0.29) is 8.92 Å². The van der Waals surface area contributed by atoms with E-state index in [4.69, 9.17) is 0 Å². The average molecular weight is 357 g/mol. The molecule has 21 heavy (non-hydrogen) atoms. The highest BCUT2D eigenvalue weighted by Crippen LogP contribution is 2.48. The van der Waals surface area contributed by atoms with Crippen LogP contribution in [0.25, 0.3) is 4.91 Å². The third-order valence-corrected chi connectivity index (χ3v) is 7.35. The van der Waals surface area contributed by atoms with Crippen molar-refractivity contribution in [2.45, 2.75) is 13.8 Å². The molecule has 1 heterocycles. The fraction of sp³-hybridized carbons (Fsp3) is 0.105. The first-order valence-electron chi connectivity index (χ1n) is 6.96. The van der Waals surface area contributed by atoms with E-state index < -0.39 is 0 Å². The highest BCUT2D eigenvalue weighted by atomic mass is 79.9. The molecule has 0 bridgehead atoms. The maximum absolute atomic E-state index is 3.97. The third-order valence-electron chi connectivity index (χ3n) is 3.58. The standard InChI is InChI=1S/C19H17BrS/c1-14-13-15(2)19(17-11-7-4-8-12-17)21(20)18(14)16-9-5-3-6-10-16/h3-13H,1-2H3. The van der Waals surface area contributed by atoms with Crippen molar-refractivity contribution in [2.75, 3.05) is 0 Å². The zero-order valence-electron chi connectivity index (χ0n) is 12.1. The van der Waals surface area contributed by atoms with Crippen LogP contribution in [-0.2, 0) is 0 Å². The molecule has 0 radical (unpaired) electrons. The summed E-state index contributed by atoms with van der Waals surface area (Å²) in [4.78, 5) is 2.78. The van der Waals surface area contributed by atoms with E-state index >= 15 is 0 Å². The minimum absolute atomic E-state index is 0.0874. The molecule has 1 aliphatic rings. The highest BCUT2D eigenvalue weighted by molar-refractivity contribution is 9.54. The van der Waals surface area contributed by atoms with Crippen molar-refractivity contribution in [2.24, 2.45) is 0 Å². The van der Waals surface area contributed by atoms with E-state index in [1.54, 1.807) is 0 Å². The maximum atomic E-state index is 3.97. The van der Waals surface area contributed by atoms with Gasteiger partial charge in [-0.1, -0.05) is 75.7 Å². The van der Waals surface area contributed by atoms with Gasteiger partial charge < -0.3 is 0 Å². The van der Waals surface area contributed by atoms with Gasteiger partial charge in [0.25, 0.3) is 0 Å². The molecule has 2 aromatic rings. The summed E-state index contributed by atoms with van der Waals surface area (Å²) >= 11 is 3.97. The Hall–Kier alpha value is -1.38. The van der Waals surface area contributed by atoms with Crippen LogP contribution in [0.3, 0.4) is 0 Å². The number of rotatable bonds is 2. The van der Waals surface area contributed by atoms with E-state index in [0.29, 0.717) is 0 Å². The van der Waals surface area contributed by atoms with Crippen LogP contribution in [0.5, 0.6) is 0 Å². The third kappa shape index (κ3) is 2.83. The molecule has 0 fully saturated rings. The van der Waals surface area contributed by atoms with Crippen LogP contribution in [-0.4, -0.2) is 4.86 Å². The Labute approximate surface area is 136 Å². The molecule has 1 aliphatic heterocycles. The minimum atomic E-state index is -0.0874. The van der Waals surface area contributed by atoms with Crippen LogP contribution < -0.4 is 0 Å². The van der Waals surface area contributed by atoms with Gasteiger partial charge in [0.05, 0.1) is 0 Å². The lowest BCUT2D eigenvalue weighted by Gasteiger charge is -2.22. The highest BCUT2D eigenvalue weighted by Gasteiger charge is 2.19. The molecule has 2 aromatic carbocycles. The van der Waals surface area contributed by atoms with Crippen molar-refractivity contribution in [1.29, 1.82) is 0 Å². The van der Waals surface area contributed by atoms with Crippen LogP contribution in [0.2, 0.25) is 0 Å². The van der Waals surface area contributed by atoms with E-state index in [1.807, 2.05) is 0 Å². The van der Waals surface area contributed by atoms with Crippen molar-refractivity contribution >= 4 is 33.5 Å². The number of halogens is 1. The van der Waals surface area contributed by atoms with Gasteiger partial charge in [0.15, 0.2) is 0 Å². The van der Waals surface area contributed by atoms with E-state index in [2.05, 4.69) is 95.4 Å². The van der Waals surface area contributed by atoms with Gasteiger partial charge in [0.1, 0.15) is 0 Å². The topological polar surface area (TPSA) is 0 Å². The fourth-order valence-corrected chi connectivity index (χ4v) is 6.91. The van der Waals surface area contributed by atoms with Gasteiger partial charge in [-0.3, -0.25) is 0 Å². The first-order valence-corrected chi connectivity index (χ1v) is 10.0. The van der Waals surface area contributed by atoms with E-state index in [9.17, 15) is 0 Å². The predicted molar refractivity (Wildman–Crippen MR) is 99.9 cm³/mol. The minimum Gasteiger partial charge on any atom is -0.0774 e. The smallest absolute Gasteiger partial charge is 0.0231 e. The molecule has 0 aliphatic carbocycles. The van der Waals surface area contributed by atoms with Gasteiger partial charge in [-0.15, -0.1) is 0 Å². The summed E-state index contributed by atoms with van der Waals surface area (Å²) in [5.41, 5.74) is 5.29. The Morgan fingerprint density at radius 3 is 1.86 bits per heavy atom. The van der Waals surface area contributed by atoms with Crippen molar-refractivity contribution in [3.05, 3.63) is 89.0 Å². The van der Waals surface area contributed by atoms with Crippen LogP contribution in [0.15, 0.2) is 77.9 Å². The fourth-order valence-electron chi connectivity index (χ4n) is 2.68. The number of hydrogen-bond donors (Lipinski definition) is 0. The summed E-state index contributed by atoms with van der Waals surface area (Å²) < 4.78 is 0. The Balaban J connectivity index is 2.22. The largest absolute Gasteiger partial charge is 0.0774 e. The molecule has 0 saturated heterocycles. The first-order chi connectivity index (χ1) is 10.2. The van der Waals surface area contributed by atoms with Crippen molar-refractivity contribution < 1.29 is 0 Å². The number of allylic oxidation sites excluding steroid dienone is 3. The van der Waals surface area contributed by atoms with Gasteiger partial charge in [0.2, 0.25) is 0 Å². The number of benzene rings is 2. The molecule has 1 unspecified atom stereocenters. The van der Waals surface area contributed by atoms with Crippen LogP contribution >= 0.6 is 23.7 Å². The molecule has 2 heteroatoms. The zero-order chi connectivity index (χ0) is 14.8. The second kappa shape index (κ2) is 6.17. The molecular formula is C19H17BrS. The SMILES string of the molecule is CC1=CC(C)=C(c2ccccc2)S(Br)=C1c1ccccc1. The molecule has 0 spiro atoms. The first kappa shape index (κ1) is 14.6. The lowest BCUT2D eigenvalue weighted by Crippen LogP contribution is -2.06. The van der Waals surface area contributed by atoms with Crippen LogP contribution in [0.4, 0.5) is 0 Å². The summed E-state index contributed by atoms with van der Waals surface area (Å²) in [7, 11) is -0.0874. The molecule has 0 nitrogen and oxygen atoms in total. The summed E-state index contributed by atoms with van der Waals surface area (Å²) in [6, 6.07) is 21.3. The molecule has 106 valence electrons. The van der Waals surface area contributed by atoms with Crippen LogP contribution in [0.1, 0.15) is 25.0 Å².